The van der Waals surface area contributed by atoms with E-state index in [2.05, 4.69) is 6.58 Å². The van der Waals surface area contributed by atoms with Gasteiger partial charge in [0.1, 0.15) is 17.8 Å². The summed E-state index contributed by atoms with van der Waals surface area (Å²) in [5.74, 6) is -1.15. The molecule has 0 aromatic heterocycles. The highest BCUT2D eigenvalue weighted by Crippen LogP contribution is 2.28. The number of cyclic esters (lactones) is 1. The maximum atomic E-state index is 12.0. The van der Waals surface area contributed by atoms with Crippen molar-refractivity contribution in [2.24, 2.45) is 17.8 Å². The number of aliphatic hydroxyl groups is 4. The van der Waals surface area contributed by atoms with E-state index in [1.807, 2.05) is 46.8 Å². The molecule has 11 atom stereocenters. The molecule has 256 valence electrons. The number of carbonyl (C=O) groups is 2. The van der Waals surface area contributed by atoms with Gasteiger partial charge in [0.05, 0.1) is 29.8 Å². The molecule has 0 spiro atoms. The number of ether oxygens (including phenoxy) is 3. The molecule has 0 radical (unpaired) electrons. The maximum Gasteiger partial charge on any atom is 0.306 e. The Balaban J connectivity index is 0.000000875. The van der Waals surface area contributed by atoms with E-state index >= 15 is 0 Å². The van der Waals surface area contributed by atoms with Gasteiger partial charge in [0, 0.05) is 32.3 Å². The summed E-state index contributed by atoms with van der Waals surface area (Å²) in [7, 11) is 1.64. The number of alkyl halides is 1. The van der Waals surface area contributed by atoms with Crippen LogP contribution in [0.4, 0.5) is 0 Å². The Kier molecular flexibility index (Phi) is 20.3. The molecule has 9 nitrogen and oxygen atoms in total. The molecular formula is C34H59ClO9. The van der Waals surface area contributed by atoms with Gasteiger partial charge in [0.2, 0.25) is 0 Å². The number of hydrogen-bond acceptors (Lipinski definition) is 9. The van der Waals surface area contributed by atoms with E-state index in [0.717, 1.165) is 12.8 Å². The zero-order valence-electron chi connectivity index (χ0n) is 28.2. The Morgan fingerprint density at radius 1 is 1.23 bits per heavy atom. The third-order valence-corrected chi connectivity index (χ3v) is 8.83. The summed E-state index contributed by atoms with van der Waals surface area (Å²) in [5.41, 5.74) is -0.641. The van der Waals surface area contributed by atoms with E-state index < -0.39 is 53.4 Å². The summed E-state index contributed by atoms with van der Waals surface area (Å²) in [4.78, 5) is 23.4. The number of aliphatic hydroxyl groups excluding tert-OH is 3. The number of methoxy groups -OCH3 is 1. The van der Waals surface area contributed by atoms with Crippen molar-refractivity contribution in [3.05, 3.63) is 36.5 Å². The Morgan fingerprint density at radius 2 is 1.84 bits per heavy atom. The van der Waals surface area contributed by atoms with Crippen LogP contribution >= 0.6 is 11.6 Å². The van der Waals surface area contributed by atoms with Crippen molar-refractivity contribution in [3.63, 3.8) is 0 Å². The Labute approximate surface area is 270 Å². The number of halogens is 1. The lowest BCUT2D eigenvalue weighted by molar-refractivity contribution is -0.156. The third kappa shape index (κ3) is 15.0. The van der Waals surface area contributed by atoms with E-state index in [1.165, 1.54) is 6.92 Å². The molecule has 0 aliphatic carbocycles. The Morgan fingerprint density at radius 3 is 2.34 bits per heavy atom. The summed E-state index contributed by atoms with van der Waals surface area (Å²) in [6.07, 6.45) is 5.80. The second kappa shape index (κ2) is 21.1. The summed E-state index contributed by atoms with van der Waals surface area (Å²) in [6, 6.07) is 0. The smallest absolute Gasteiger partial charge is 0.306 e. The fourth-order valence-electron chi connectivity index (χ4n) is 5.10. The van der Waals surface area contributed by atoms with Gasteiger partial charge in [-0.15, -0.1) is 11.6 Å². The third-order valence-electron chi connectivity index (χ3n) is 8.18. The topological polar surface area (TPSA) is 143 Å². The van der Waals surface area contributed by atoms with Gasteiger partial charge in [-0.2, -0.15) is 0 Å². The SMILES string of the molecule is C/C=C/CC(C)C(O)C(O)C(Cl)C(C)C(CC)OC.C=C(C)C1OC(=O)CCC(O)CCC(C)(O)C(OC(C)=O)/C=C/C1C. The molecule has 4 N–H and O–H groups in total. The first-order valence-electron chi connectivity index (χ1n) is 15.7. The van der Waals surface area contributed by atoms with Gasteiger partial charge in [-0.1, -0.05) is 52.5 Å². The zero-order valence-corrected chi connectivity index (χ0v) is 29.0. The molecule has 1 heterocycles. The van der Waals surface area contributed by atoms with Gasteiger partial charge in [-0.25, -0.2) is 0 Å². The normalized spacial score (nSPS) is 30.0. The molecule has 0 aromatic carbocycles. The molecule has 0 bridgehead atoms. The van der Waals surface area contributed by atoms with Crippen LogP contribution in [0, 0.1) is 17.8 Å². The van der Waals surface area contributed by atoms with Gasteiger partial charge < -0.3 is 34.6 Å². The lowest BCUT2D eigenvalue weighted by Crippen LogP contribution is -2.44. The van der Waals surface area contributed by atoms with E-state index in [-0.39, 0.29) is 49.5 Å². The molecule has 1 aliphatic heterocycles. The zero-order chi connectivity index (χ0) is 34.2. The van der Waals surface area contributed by atoms with Gasteiger partial charge in [0.25, 0.3) is 0 Å². The van der Waals surface area contributed by atoms with Crippen LogP contribution in [0.25, 0.3) is 0 Å². The molecule has 11 unspecified atom stereocenters. The highest BCUT2D eigenvalue weighted by atomic mass is 35.5. The second-order valence-corrected chi connectivity index (χ2v) is 12.9. The minimum Gasteiger partial charge on any atom is -0.457 e. The number of rotatable bonds is 11. The van der Waals surface area contributed by atoms with Crippen LogP contribution in [-0.2, 0) is 23.8 Å². The van der Waals surface area contributed by atoms with Crippen LogP contribution in [0.15, 0.2) is 36.5 Å². The monoisotopic (exact) mass is 646 g/mol. The highest BCUT2D eigenvalue weighted by molar-refractivity contribution is 6.21. The number of esters is 2. The first kappa shape index (κ1) is 42.2. The van der Waals surface area contributed by atoms with Gasteiger partial charge >= 0.3 is 11.9 Å². The lowest BCUT2D eigenvalue weighted by Gasteiger charge is -2.32. The van der Waals surface area contributed by atoms with Gasteiger partial charge in [-0.3, -0.25) is 9.59 Å². The molecule has 10 heteroatoms. The molecule has 0 saturated carbocycles. The first-order valence-corrected chi connectivity index (χ1v) is 16.1. The predicted molar refractivity (Wildman–Crippen MR) is 174 cm³/mol. The minimum absolute atomic E-state index is 0.00445. The van der Waals surface area contributed by atoms with Crippen molar-refractivity contribution in [3.8, 4) is 0 Å². The van der Waals surface area contributed by atoms with Crippen LogP contribution < -0.4 is 0 Å². The van der Waals surface area contributed by atoms with Crippen molar-refractivity contribution in [2.75, 3.05) is 7.11 Å². The number of hydrogen-bond donors (Lipinski definition) is 4. The molecule has 1 rings (SSSR count). The second-order valence-electron chi connectivity index (χ2n) is 12.4. The molecule has 1 aliphatic rings. The van der Waals surface area contributed by atoms with Crippen molar-refractivity contribution in [1.29, 1.82) is 0 Å². The van der Waals surface area contributed by atoms with Gasteiger partial charge in [0.15, 0.2) is 0 Å². The van der Waals surface area contributed by atoms with E-state index in [1.54, 1.807) is 33.1 Å². The van der Waals surface area contributed by atoms with Crippen LogP contribution in [-0.4, -0.2) is 87.1 Å². The lowest BCUT2D eigenvalue weighted by atomic mass is 9.88. The van der Waals surface area contributed by atoms with Crippen molar-refractivity contribution in [1.82, 2.24) is 0 Å². The molecule has 0 fully saturated rings. The summed E-state index contributed by atoms with van der Waals surface area (Å²) in [6.45, 7) is 18.2. The fraction of sp³-hybridized carbons (Fsp3) is 0.765. The largest absolute Gasteiger partial charge is 0.457 e. The average Bonchev–Trinajstić information content (AvgIpc) is 2.97. The minimum atomic E-state index is -1.33. The van der Waals surface area contributed by atoms with E-state index in [4.69, 9.17) is 25.8 Å². The van der Waals surface area contributed by atoms with Crippen molar-refractivity contribution < 1.29 is 44.2 Å². The predicted octanol–water partition coefficient (Wildman–Crippen LogP) is 5.26. The van der Waals surface area contributed by atoms with Crippen LogP contribution in [0.5, 0.6) is 0 Å². The molecule has 0 amide bonds. The van der Waals surface area contributed by atoms with Crippen LogP contribution in [0.3, 0.4) is 0 Å². The first-order chi connectivity index (χ1) is 20.4. The van der Waals surface area contributed by atoms with E-state index in [0.29, 0.717) is 5.57 Å². The maximum absolute atomic E-state index is 12.0. The number of carbonyl (C=O) groups excluding carboxylic acids is 2. The summed E-state index contributed by atoms with van der Waals surface area (Å²) < 4.78 is 16.1. The number of allylic oxidation sites excluding steroid dienone is 2. The van der Waals surface area contributed by atoms with Crippen molar-refractivity contribution >= 4 is 23.5 Å². The Bertz CT molecular complexity index is 914. The highest BCUT2D eigenvalue weighted by Gasteiger charge is 2.35. The van der Waals surface area contributed by atoms with Crippen molar-refractivity contribution in [2.45, 2.75) is 142 Å². The quantitative estimate of drug-likeness (QED) is 0.134. The molecular weight excluding hydrogens is 588 g/mol. The average molecular weight is 647 g/mol. The fourth-order valence-corrected chi connectivity index (χ4v) is 5.41. The van der Waals surface area contributed by atoms with Crippen LogP contribution in [0.1, 0.15) is 93.9 Å². The molecule has 0 aromatic rings. The summed E-state index contributed by atoms with van der Waals surface area (Å²) in [5, 5.41) is 40.6. The standard InChI is InChI=1S/C19H30O6.C15H29ClO3/c1-12(2)18-13(3)6-8-16(24-14(4)20)19(5,23)11-10-15(21)7-9-17(22)25-18;1-6-8-9-10(3)14(17)15(18)13(16)11(4)12(7-2)19-5/h6,8,13,15-16,18,21,23H,1,7,9-11H2,2-5H3;6,8,10-15,17-18H,7,9H2,1-5H3/b2*8-6+. The Hall–Kier alpha value is -1.75. The molecule has 0 saturated heterocycles. The summed E-state index contributed by atoms with van der Waals surface area (Å²) >= 11 is 6.30. The van der Waals surface area contributed by atoms with Crippen LogP contribution in [0.2, 0.25) is 0 Å². The van der Waals surface area contributed by atoms with E-state index in [9.17, 15) is 30.0 Å². The van der Waals surface area contributed by atoms with Gasteiger partial charge in [-0.05, 0) is 70.4 Å². The molecule has 44 heavy (non-hydrogen) atoms.